The van der Waals surface area contributed by atoms with E-state index in [1.54, 1.807) is 26.0 Å². The molecule has 0 aliphatic carbocycles. The Balaban J connectivity index is 2.73. The summed E-state index contributed by atoms with van der Waals surface area (Å²) in [5.41, 5.74) is 1.65. The van der Waals surface area contributed by atoms with Gasteiger partial charge in [0.15, 0.2) is 0 Å². The first-order valence-electron chi connectivity index (χ1n) is 5.79. The Labute approximate surface area is 121 Å². The quantitative estimate of drug-likeness (QED) is 0.897. The Morgan fingerprint density at radius 2 is 2.00 bits per heavy atom. The third-order valence-electron chi connectivity index (χ3n) is 3.03. The number of carbonyl (C=O) groups excluding carboxylic acids is 1. The molecule has 0 saturated carbocycles. The highest BCUT2D eigenvalue weighted by Crippen LogP contribution is 2.49. The zero-order chi connectivity index (χ0) is 14.4. The fourth-order valence-corrected chi connectivity index (χ4v) is 3.39. The van der Waals surface area contributed by atoms with Gasteiger partial charge in [0.25, 0.3) is 0 Å². The fraction of sp³-hybridized carbons (Fsp3) is 0.357. The Hall–Kier alpha value is -1.13. The number of hydrogen-bond donors (Lipinski definition) is 1. The van der Waals surface area contributed by atoms with Crippen molar-refractivity contribution in [2.24, 2.45) is 0 Å². The van der Waals surface area contributed by atoms with E-state index in [1.165, 1.54) is 7.11 Å². The van der Waals surface area contributed by atoms with Crippen LogP contribution in [-0.4, -0.2) is 22.1 Å². The van der Waals surface area contributed by atoms with Crippen molar-refractivity contribution in [2.75, 3.05) is 7.11 Å². The molecule has 3 nitrogen and oxygen atoms in total. The second kappa shape index (κ2) is 4.76. The average Bonchev–Trinajstić information content (AvgIpc) is 2.49. The number of aliphatic hydroxyl groups is 1. The van der Waals surface area contributed by atoms with Crippen LogP contribution in [0.4, 0.5) is 0 Å². The summed E-state index contributed by atoms with van der Waals surface area (Å²) >= 11 is 7.32. The highest BCUT2D eigenvalue weighted by molar-refractivity contribution is 8.16. The number of benzene rings is 1. The first-order valence-corrected chi connectivity index (χ1v) is 6.99. The molecule has 1 N–H and O–H groups in total. The highest BCUT2D eigenvalue weighted by Gasteiger charge is 2.42. The first-order chi connectivity index (χ1) is 8.77. The van der Waals surface area contributed by atoms with Crippen LogP contribution >= 0.6 is 23.4 Å². The van der Waals surface area contributed by atoms with Gasteiger partial charge in [-0.3, -0.25) is 4.79 Å². The van der Waals surface area contributed by atoms with Gasteiger partial charge in [0, 0.05) is 0 Å². The molecule has 1 aliphatic rings. The zero-order valence-corrected chi connectivity index (χ0v) is 12.8. The summed E-state index contributed by atoms with van der Waals surface area (Å²) in [4.78, 5) is 12.1. The van der Waals surface area contributed by atoms with Crippen LogP contribution in [0.1, 0.15) is 25.0 Å². The molecule has 1 aliphatic heterocycles. The van der Waals surface area contributed by atoms with E-state index in [2.05, 4.69) is 0 Å². The molecule has 2 rings (SSSR count). The third kappa shape index (κ3) is 2.35. The topological polar surface area (TPSA) is 46.5 Å². The number of methoxy groups -OCH3 is 1. The number of aryl methyl sites for hydroxylation is 1. The van der Waals surface area contributed by atoms with Gasteiger partial charge in [0.2, 0.25) is 5.12 Å². The minimum absolute atomic E-state index is 0.0477. The van der Waals surface area contributed by atoms with Crippen molar-refractivity contribution in [3.05, 3.63) is 34.0 Å². The molecule has 19 heavy (non-hydrogen) atoms. The summed E-state index contributed by atoms with van der Waals surface area (Å²) in [6.07, 6.45) is 0. The summed E-state index contributed by atoms with van der Waals surface area (Å²) in [6.45, 7) is 5.49. The van der Waals surface area contributed by atoms with E-state index in [0.29, 0.717) is 16.3 Å². The van der Waals surface area contributed by atoms with Gasteiger partial charge < -0.3 is 9.84 Å². The smallest absolute Gasteiger partial charge is 0.224 e. The lowest BCUT2D eigenvalue weighted by Gasteiger charge is -2.15. The predicted octanol–water partition coefficient (Wildman–Crippen LogP) is 3.98. The molecule has 0 unspecified atom stereocenters. The molecule has 0 fully saturated rings. The maximum absolute atomic E-state index is 12.1. The van der Waals surface area contributed by atoms with Gasteiger partial charge in [0.05, 0.1) is 28.0 Å². The zero-order valence-electron chi connectivity index (χ0n) is 11.2. The third-order valence-corrected chi connectivity index (χ3v) is 4.42. The van der Waals surface area contributed by atoms with Crippen molar-refractivity contribution in [3.8, 4) is 5.75 Å². The molecule has 1 heterocycles. The number of ether oxygens (including phenoxy) is 1. The predicted molar refractivity (Wildman–Crippen MR) is 79.0 cm³/mol. The normalized spacial score (nSPS) is 18.1. The summed E-state index contributed by atoms with van der Waals surface area (Å²) in [7, 11) is 1.52. The Bertz CT molecular complexity index is 591. The Kier molecular flexibility index (Phi) is 3.58. The van der Waals surface area contributed by atoms with Crippen molar-refractivity contribution < 1.29 is 14.6 Å². The molecule has 102 valence electrons. The summed E-state index contributed by atoms with van der Waals surface area (Å²) < 4.78 is 4.66. The fourth-order valence-electron chi connectivity index (χ4n) is 2.06. The Morgan fingerprint density at radius 3 is 2.47 bits per heavy atom. The SMILES string of the molecule is COc1cc(C)cc(Cl)c1C1=C(O)C(C)(C)SC1=O. The van der Waals surface area contributed by atoms with Crippen molar-refractivity contribution in [1.29, 1.82) is 0 Å². The monoisotopic (exact) mass is 298 g/mol. The summed E-state index contributed by atoms with van der Waals surface area (Å²) in [5, 5.41) is 10.5. The molecule has 5 heteroatoms. The van der Waals surface area contributed by atoms with Gasteiger partial charge in [-0.1, -0.05) is 23.4 Å². The Morgan fingerprint density at radius 1 is 1.37 bits per heavy atom. The van der Waals surface area contributed by atoms with Crippen molar-refractivity contribution >= 4 is 34.1 Å². The van der Waals surface area contributed by atoms with Gasteiger partial charge in [-0.15, -0.1) is 0 Å². The minimum Gasteiger partial charge on any atom is -0.510 e. The molecule has 0 radical (unpaired) electrons. The standard InChI is InChI=1S/C14H15ClO3S/c1-7-5-8(15)10(9(6-7)18-4)11-12(16)14(2,3)19-13(11)17/h5-6,16H,1-4H3. The summed E-state index contributed by atoms with van der Waals surface area (Å²) in [5.74, 6) is 0.546. The lowest BCUT2D eigenvalue weighted by molar-refractivity contribution is -0.106. The lowest BCUT2D eigenvalue weighted by Crippen LogP contribution is -2.14. The van der Waals surface area contributed by atoms with E-state index in [0.717, 1.165) is 17.3 Å². The van der Waals surface area contributed by atoms with E-state index in [1.807, 2.05) is 6.92 Å². The van der Waals surface area contributed by atoms with Gasteiger partial charge >= 0.3 is 0 Å². The summed E-state index contributed by atoms with van der Waals surface area (Å²) in [6, 6.07) is 3.55. The van der Waals surface area contributed by atoms with Crippen LogP contribution in [0.25, 0.3) is 5.57 Å². The first kappa shape index (κ1) is 14.3. The van der Waals surface area contributed by atoms with Crippen LogP contribution in [-0.2, 0) is 4.79 Å². The second-order valence-electron chi connectivity index (χ2n) is 4.95. The molecule has 1 aromatic rings. The molecule has 1 aromatic carbocycles. The second-order valence-corrected chi connectivity index (χ2v) is 6.95. The van der Waals surface area contributed by atoms with Crippen LogP contribution in [0.5, 0.6) is 5.75 Å². The maximum atomic E-state index is 12.1. The van der Waals surface area contributed by atoms with Crippen LogP contribution in [0.15, 0.2) is 17.9 Å². The molecule has 0 aromatic heterocycles. The number of hydrogen-bond acceptors (Lipinski definition) is 4. The molecular formula is C14H15ClO3S. The van der Waals surface area contributed by atoms with E-state index in [9.17, 15) is 9.90 Å². The van der Waals surface area contributed by atoms with Crippen LogP contribution in [0.3, 0.4) is 0 Å². The van der Waals surface area contributed by atoms with Crippen molar-refractivity contribution in [2.45, 2.75) is 25.5 Å². The number of halogens is 1. The number of aliphatic hydroxyl groups excluding tert-OH is 1. The van der Waals surface area contributed by atoms with E-state index < -0.39 is 4.75 Å². The van der Waals surface area contributed by atoms with Crippen LogP contribution < -0.4 is 4.74 Å². The van der Waals surface area contributed by atoms with Gasteiger partial charge in [0.1, 0.15) is 11.5 Å². The van der Waals surface area contributed by atoms with E-state index in [4.69, 9.17) is 16.3 Å². The van der Waals surface area contributed by atoms with Crippen LogP contribution in [0.2, 0.25) is 5.02 Å². The van der Waals surface area contributed by atoms with E-state index >= 15 is 0 Å². The largest absolute Gasteiger partial charge is 0.510 e. The minimum atomic E-state index is -0.633. The molecule has 0 spiro atoms. The molecule has 0 atom stereocenters. The lowest BCUT2D eigenvalue weighted by atomic mass is 9.98. The number of carbonyl (C=O) groups is 1. The average molecular weight is 299 g/mol. The van der Waals surface area contributed by atoms with Crippen molar-refractivity contribution in [1.82, 2.24) is 0 Å². The number of rotatable bonds is 2. The highest BCUT2D eigenvalue weighted by atomic mass is 35.5. The van der Waals surface area contributed by atoms with Crippen molar-refractivity contribution in [3.63, 3.8) is 0 Å². The molecule has 0 saturated heterocycles. The molecule has 0 amide bonds. The van der Waals surface area contributed by atoms with Gasteiger partial charge in [-0.2, -0.15) is 0 Å². The van der Waals surface area contributed by atoms with Gasteiger partial charge in [-0.05, 0) is 38.5 Å². The van der Waals surface area contributed by atoms with Gasteiger partial charge in [-0.25, -0.2) is 0 Å². The number of thioether (sulfide) groups is 1. The van der Waals surface area contributed by atoms with E-state index in [-0.39, 0.29) is 16.4 Å². The molecular weight excluding hydrogens is 284 g/mol. The maximum Gasteiger partial charge on any atom is 0.224 e. The van der Waals surface area contributed by atoms with Crippen LogP contribution in [0, 0.1) is 6.92 Å². The molecule has 0 bridgehead atoms.